The Morgan fingerprint density at radius 1 is 1.29 bits per heavy atom. The first-order valence-corrected chi connectivity index (χ1v) is 6.00. The van der Waals surface area contributed by atoms with Gasteiger partial charge in [-0.1, -0.05) is 36.8 Å². The lowest BCUT2D eigenvalue weighted by Gasteiger charge is -2.13. The molecule has 3 nitrogen and oxygen atoms in total. The van der Waals surface area contributed by atoms with E-state index in [1.165, 1.54) is 5.56 Å². The van der Waals surface area contributed by atoms with Crippen LogP contribution in [0.25, 0.3) is 0 Å². The average Bonchev–Trinajstić information content (AvgIpc) is 2.28. The summed E-state index contributed by atoms with van der Waals surface area (Å²) in [6.45, 7) is 5.92. The Balaban J connectivity index is 2.45. The highest BCUT2D eigenvalue weighted by Gasteiger charge is 2.13. The fourth-order valence-corrected chi connectivity index (χ4v) is 1.59. The van der Waals surface area contributed by atoms with Gasteiger partial charge in [0.25, 0.3) is 0 Å². The van der Waals surface area contributed by atoms with E-state index in [1.54, 1.807) is 6.92 Å². The molecule has 0 aliphatic rings. The molecule has 2 atom stereocenters. The number of amides is 1. The summed E-state index contributed by atoms with van der Waals surface area (Å²) in [5.41, 5.74) is 2.38. The van der Waals surface area contributed by atoms with Crippen LogP contribution in [0, 0.1) is 12.8 Å². The molecule has 1 aromatic carbocycles. The van der Waals surface area contributed by atoms with Gasteiger partial charge in [0.1, 0.15) is 0 Å². The minimum Gasteiger partial charge on any atom is -0.392 e. The Morgan fingerprint density at radius 3 is 2.41 bits per heavy atom. The third-order valence-corrected chi connectivity index (χ3v) is 2.68. The van der Waals surface area contributed by atoms with E-state index in [-0.39, 0.29) is 11.8 Å². The van der Waals surface area contributed by atoms with Crippen molar-refractivity contribution in [1.82, 2.24) is 5.32 Å². The summed E-state index contributed by atoms with van der Waals surface area (Å²) in [6.07, 6.45) is 0.233. The third kappa shape index (κ3) is 5.00. The van der Waals surface area contributed by atoms with Crippen molar-refractivity contribution in [3.63, 3.8) is 0 Å². The van der Waals surface area contributed by atoms with Crippen molar-refractivity contribution in [2.24, 2.45) is 5.92 Å². The standard InChI is InChI=1S/C14H21NO2/c1-10-4-6-13(7-5-10)8-11(2)14(17)15-9-12(3)16/h4-7,11-12,16H,8-9H2,1-3H3,(H,15,17). The van der Waals surface area contributed by atoms with Crippen LogP contribution in [-0.4, -0.2) is 23.7 Å². The SMILES string of the molecule is Cc1ccc(CC(C)C(=O)NCC(C)O)cc1. The summed E-state index contributed by atoms with van der Waals surface area (Å²) in [6, 6.07) is 8.20. The van der Waals surface area contributed by atoms with Gasteiger partial charge in [0.05, 0.1) is 6.10 Å². The van der Waals surface area contributed by atoms with E-state index in [4.69, 9.17) is 5.11 Å². The first-order chi connectivity index (χ1) is 7.99. The number of carbonyl (C=O) groups excluding carboxylic acids is 1. The molecule has 2 unspecified atom stereocenters. The molecule has 0 heterocycles. The van der Waals surface area contributed by atoms with Crippen LogP contribution in [0.4, 0.5) is 0 Å². The second kappa shape index (κ2) is 6.40. The molecule has 17 heavy (non-hydrogen) atoms. The van der Waals surface area contributed by atoms with Crippen molar-refractivity contribution in [3.05, 3.63) is 35.4 Å². The van der Waals surface area contributed by atoms with Crippen molar-refractivity contribution in [2.75, 3.05) is 6.54 Å². The number of benzene rings is 1. The van der Waals surface area contributed by atoms with E-state index in [9.17, 15) is 4.79 Å². The second-order valence-corrected chi connectivity index (χ2v) is 4.68. The number of aliphatic hydroxyl groups excluding tert-OH is 1. The van der Waals surface area contributed by atoms with E-state index < -0.39 is 6.10 Å². The summed E-state index contributed by atoms with van der Waals surface area (Å²) < 4.78 is 0. The zero-order valence-electron chi connectivity index (χ0n) is 10.7. The van der Waals surface area contributed by atoms with Crippen LogP contribution in [0.5, 0.6) is 0 Å². The van der Waals surface area contributed by atoms with Crippen molar-refractivity contribution >= 4 is 5.91 Å². The predicted molar refractivity (Wildman–Crippen MR) is 68.7 cm³/mol. The van der Waals surface area contributed by atoms with Crippen LogP contribution in [-0.2, 0) is 11.2 Å². The van der Waals surface area contributed by atoms with Gasteiger partial charge in [-0.2, -0.15) is 0 Å². The summed E-state index contributed by atoms with van der Waals surface area (Å²) in [5.74, 6) is -0.0806. The van der Waals surface area contributed by atoms with Gasteiger partial charge in [0, 0.05) is 12.5 Å². The smallest absolute Gasteiger partial charge is 0.223 e. The number of aryl methyl sites for hydroxylation is 1. The summed E-state index contributed by atoms with van der Waals surface area (Å²) >= 11 is 0. The average molecular weight is 235 g/mol. The molecule has 1 rings (SSSR count). The number of aliphatic hydroxyl groups is 1. The largest absolute Gasteiger partial charge is 0.392 e. The fraction of sp³-hybridized carbons (Fsp3) is 0.500. The molecular formula is C14H21NO2. The van der Waals surface area contributed by atoms with Crippen molar-refractivity contribution in [2.45, 2.75) is 33.3 Å². The van der Waals surface area contributed by atoms with E-state index >= 15 is 0 Å². The second-order valence-electron chi connectivity index (χ2n) is 4.68. The fourth-order valence-electron chi connectivity index (χ4n) is 1.59. The number of rotatable bonds is 5. The Labute approximate surface area is 103 Å². The Morgan fingerprint density at radius 2 is 1.88 bits per heavy atom. The quantitative estimate of drug-likeness (QED) is 0.815. The molecule has 94 valence electrons. The molecule has 2 N–H and O–H groups in total. The van der Waals surface area contributed by atoms with Crippen LogP contribution in [0.1, 0.15) is 25.0 Å². The Kier molecular flexibility index (Phi) is 5.16. The van der Waals surface area contributed by atoms with Crippen LogP contribution >= 0.6 is 0 Å². The molecule has 3 heteroatoms. The maximum atomic E-state index is 11.7. The zero-order chi connectivity index (χ0) is 12.8. The van der Waals surface area contributed by atoms with Gasteiger partial charge in [-0.15, -0.1) is 0 Å². The first-order valence-electron chi connectivity index (χ1n) is 6.00. The predicted octanol–water partition coefficient (Wildman–Crippen LogP) is 1.67. The maximum absolute atomic E-state index is 11.7. The highest BCUT2D eigenvalue weighted by Crippen LogP contribution is 2.10. The molecule has 0 fully saturated rings. The number of hydrogen-bond donors (Lipinski definition) is 2. The summed E-state index contributed by atoms with van der Waals surface area (Å²) in [7, 11) is 0. The van der Waals surface area contributed by atoms with Crippen LogP contribution < -0.4 is 5.32 Å². The molecule has 1 amide bonds. The maximum Gasteiger partial charge on any atom is 0.223 e. The molecule has 0 aromatic heterocycles. The van der Waals surface area contributed by atoms with E-state index in [2.05, 4.69) is 17.4 Å². The topological polar surface area (TPSA) is 49.3 Å². The first kappa shape index (κ1) is 13.7. The number of nitrogens with one attached hydrogen (secondary N) is 1. The Bertz CT molecular complexity index is 357. The molecule has 1 aromatic rings. The summed E-state index contributed by atoms with van der Waals surface area (Å²) in [4.78, 5) is 11.7. The van der Waals surface area contributed by atoms with Crippen LogP contribution in [0.3, 0.4) is 0 Å². The molecular weight excluding hydrogens is 214 g/mol. The molecule has 0 radical (unpaired) electrons. The van der Waals surface area contributed by atoms with E-state index in [0.29, 0.717) is 6.54 Å². The lowest BCUT2D eigenvalue weighted by molar-refractivity contribution is -0.124. The van der Waals surface area contributed by atoms with Gasteiger partial charge in [-0.05, 0) is 25.8 Å². The summed E-state index contributed by atoms with van der Waals surface area (Å²) in [5, 5.41) is 11.8. The molecule has 0 aliphatic carbocycles. The number of hydrogen-bond acceptors (Lipinski definition) is 2. The van der Waals surface area contributed by atoms with Crippen molar-refractivity contribution in [1.29, 1.82) is 0 Å². The molecule has 0 saturated heterocycles. The molecule has 0 saturated carbocycles. The Hall–Kier alpha value is -1.35. The van der Waals surface area contributed by atoms with Gasteiger partial charge in [0.2, 0.25) is 5.91 Å². The van der Waals surface area contributed by atoms with Gasteiger partial charge < -0.3 is 10.4 Å². The van der Waals surface area contributed by atoms with Crippen LogP contribution in [0.2, 0.25) is 0 Å². The van der Waals surface area contributed by atoms with Crippen molar-refractivity contribution in [3.8, 4) is 0 Å². The molecule has 0 spiro atoms. The minimum atomic E-state index is -0.495. The van der Waals surface area contributed by atoms with E-state index in [0.717, 1.165) is 12.0 Å². The van der Waals surface area contributed by atoms with Gasteiger partial charge >= 0.3 is 0 Å². The lowest BCUT2D eigenvalue weighted by Crippen LogP contribution is -2.35. The normalized spacial score (nSPS) is 14.1. The van der Waals surface area contributed by atoms with Gasteiger partial charge in [-0.25, -0.2) is 0 Å². The van der Waals surface area contributed by atoms with Gasteiger partial charge in [-0.3, -0.25) is 4.79 Å². The van der Waals surface area contributed by atoms with Crippen LogP contribution in [0.15, 0.2) is 24.3 Å². The molecule has 0 bridgehead atoms. The van der Waals surface area contributed by atoms with E-state index in [1.807, 2.05) is 26.0 Å². The van der Waals surface area contributed by atoms with Crippen molar-refractivity contribution < 1.29 is 9.90 Å². The third-order valence-electron chi connectivity index (χ3n) is 2.68. The highest BCUT2D eigenvalue weighted by atomic mass is 16.3. The molecule has 0 aliphatic heterocycles. The monoisotopic (exact) mass is 235 g/mol. The minimum absolute atomic E-state index is 0.00789. The lowest BCUT2D eigenvalue weighted by atomic mass is 9.99. The number of carbonyl (C=O) groups is 1. The highest BCUT2D eigenvalue weighted by molar-refractivity contribution is 5.78. The van der Waals surface area contributed by atoms with Gasteiger partial charge in [0.15, 0.2) is 0 Å². The zero-order valence-corrected chi connectivity index (χ0v) is 10.7.